The number of carbonyl (C=O) groups excluding carboxylic acids is 1. The molecular formula is C12H22ClNO. The number of carbonyl (C=O) groups is 1. The normalized spacial score (nSPS) is 26.3. The second-order valence-electron chi connectivity index (χ2n) is 4.42. The van der Waals surface area contributed by atoms with Crippen molar-refractivity contribution in [2.24, 2.45) is 5.92 Å². The van der Waals surface area contributed by atoms with Gasteiger partial charge in [0, 0.05) is 18.3 Å². The highest BCUT2D eigenvalue weighted by molar-refractivity contribution is 6.17. The van der Waals surface area contributed by atoms with Crippen molar-refractivity contribution >= 4 is 17.5 Å². The molecule has 1 amide bonds. The second-order valence-corrected chi connectivity index (χ2v) is 4.80. The molecule has 0 aromatic heterocycles. The Labute approximate surface area is 97.8 Å². The zero-order chi connectivity index (χ0) is 11.1. The predicted octanol–water partition coefficient (Wildman–Crippen LogP) is 3.09. The van der Waals surface area contributed by atoms with Crippen LogP contribution < -0.4 is 5.32 Å². The summed E-state index contributed by atoms with van der Waals surface area (Å²) in [5.74, 6) is 1.45. The Morgan fingerprint density at radius 3 is 2.80 bits per heavy atom. The molecule has 0 bridgehead atoms. The third-order valence-electron chi connectivity index (χ3n) is 3.32. The van der Waals surface area contributed by atoms with Crippen LogP contribution in [0.1, 0.15) is 51.9 Å². The van der Waals surface area contributed by atoms with Crippen LogP contribution in [0.3, 0.4) is 0 Å². The van der Waals surface area contributed by atoms with Gasteiger partial charge in [-0.25, -0.2) is 0 Å². The zero-order valence-corrected chi connectivity index (χ0v) is 10.4. The van der Waals surface area contributed by atoms with Gasteiger partial charge in [-0.3, -0.25) is 4.79 Å². The summed E-state index contributed by atoms with van der Waals surface area (Å²) in [4.78, 5) is 11.6. The minimum atomic E-state index is 0.181. The van der Waals surface area contributed by atoms with E-state index in [4.69, 9.17) is 11.6 Å². The maximum Gasteiger partial charge on any atom is 0.220 e. The highest BCUT2D eigenvalue weighted by Crippen LogP contribution is 2.26. The Morgan fingerprint density at radius 1 is 1.40 bits per heavy atom. The number of amides is 1. The van der Waals surface area contributed by atoms with Crippen molar-refractivity contribution in [3.63, 3.8) is 0 Å². The lowest BCUT2D eigenvalue weighted by molar-refractivity contribution is -0.122. The minimum Gasteiger partial charge on any atom is -0.353 e. The average Bonchev–Trinajstić information content (AvgIpc) is 2.27. The molecule has 0 aromatic carbocycles. The van der Waals surface area contributed by atoms with Crippen molar-refractivity contribution in [3.05, 3.63) is 0 Å². The van der Waals surface area contributed by atoms with E-state index in [1.165, 1.54) is 25.7 Å². The van der Waals surface area contributed by atoms with E-state index in [9.17, 15) is 4.79 Å². The van der Waals surface area contributed by atoms with Gasteiger partial charge in [0.15, 0.2) is 0 Å². The van der Waals surface area contributed by atoms with Crippen molar-refractivity contribution in [1.82, 2.24) is 5.32 Å². The van der Waals surface area contributed by atoms with Gasteiger partial charge in [-0.1, -0.05) is 26.2 Å². The van der Waals surface area contributed by atoms with Gasteiger partial charge in [0.25, 0.3) is 0 Å². The third kappa shape index (κ3) is 4.42. The molecule has 1 fully saturated rings. The molecule has 1 saturated carbocycles. The molecule has 0 heterocycles. The lowest BCUT2D eigenvalue weighted by atomic mass is 9.83. The zero-order valence-electron chi connectivity index (χ0n) is 9.60. The van der Waals surface area contributed by atoms with Crippen LogP contribution in [0.15, 0.2) is 0 Å². The summed E-state index contributed by atoms with van der Waals surface area (Å²) in [5, 5.41) is 3.16. The smallest absolute Gasteiger partial charge is 0.220 e. The van der Waals surface area contributed by atoms with Crippen molar-refractivity contribution in [3.8, 4) is 0 Å². The predicted molar refractivity (Wildman–Crippen MR) is 64.1 cm³/mol. The molecule has 0 saturated heterocycles. The highest BCUT2D eigenvalue weighted by atomic mass is 35.5. The topological polar surface area (TPSA) is 29.1 Å². The molecule has 15 heavy (non-hydrogen) atoms. The fourth-order valence-electron chi connectivity index (χ4n) is 2.39. The van der Waals surface area contributed by atoms with E-state index in [-0.39, 0.29) is 5.91 Å². The first kappa shape index (κ1) is 12.8. The Balaban J connectivity index is 2.30. The van der Waals surface area contributed by atoms with Crippen molar-refractivity contribution in [1.29, 1.82) is 0 Å². The van der Waals surface area contributed by atoms with Crippen LogP contribution in [0.25, 0.3) is 0 Å². The maximum absolute atomic E-state index is 11.6. The largest absolute Gasteiger partial charge is 0.353 e. The van der Waals surface area contributed by atoms with Crippen LogP contribution >= 0.6 is 11.6 Å². The maximum atomic E-state index is 11.6. The summed E-state index contributed by atoms with van der Waals surface area (Å²) in [6, 6.07) is 0.423. The molecule has 0 spiro atoms. The summed E-state index contributed by atoms with van der Waals surface area (Å²) in [6.07, 6.45) is 7.57. The fourth-order valence-corrected chi connectivity index (χ4v) is 2.53. The number of rotatable bonds is 5. The molecule has 2 unspecified atom stereocenters. The number of halogens is 1. The summed E-state index contributed by atoms with van der Waals surface area (Å²) in [6.45, 7) is 2.22. The Bertz CT molecular complexity index is 196. The van der Waals surface area contributed by atoms with Gasteiger partial charge < -0.3 is 5.32 Å². The van der Waals surface area contributed by atoms with Crippen LogP contribution in [0.2, 0.25) is 0 Å². The second kappa shape index (κ2) is 7.10. The third-order valence-corrected chi connectivity index (χ3v) is 3.58. The molecule has 1 aliphatic carbocycles. The minimum absolute atomic E-state index is 0.181. The van der Waals surface area contributed by atoms with Gasteiger partial charge in [-0.2, -0.15) is 0 Å². The van der Waals surface area contributed by atoms with E-state index >= 15 is 0 Å². The lowest BCUT2D eigenvalue weighted by Crippen LogP contribution is -2.41. The van der Waals surface area contributed by atoms with Gasteiger partial charge in [0.05, 0.1) is 0 Å². The number of hydrogen-bond acceptors (Lipinski definition) is 1. The molecule has 2 atom stereocenters. The van der Waals surface area contributed by atoms with Crippen LogP contribution in [0, 0.1) is 5.92 Å². The van der Waals surface area contributed by atoms with Crippen molar-refractivity contribution < 1.29 is 4.79 Å². The molecule has 88 valence electrons. The molecule has 2 nitrogen and oxygen atoms in total. The van der Waals surface area contributed by atoms with Crippen LogP contribution in [0.5, 0.6) is 0 Å². The molecule has 1 aliphatic rings. The van der Waals surface area contributed by atoms with E-state index in [0.29, 0.717) is 24.3 Å². The standard InChI is InChI=1S/C12H22ClNO/c1-2-10-6-3-4-7-11(10)14-12(15)8-5-9-13/h10-11H,2-9H2,1H3,(H,14,15). The van der Waals surface area contributed by atoms with Gasteiger partial charge in [-0.05, 0) is 25.2 Å². The Morgan fingerprint density at radius 2 is 2.13 bits per heavy atom. The molecule has 1 rings (SSSR count). The monoisotopic (exact) mass is 231 g/mol. The van der Waals surface area contributed by atoms with Crippen molar-refractivity contribution in [2.45, 2.75) is 57.9 Å². The van der Waals surface area contributed by atoms with E-state index < -0.39 is 0 Å². The Hall–Kier alpha value is -0.240. The molecule has 1 N–H and O–H groups in total. The first-order valence-electron chi connectivity index (χ1n) is 6.13. The Kier molecular flexibility index (Phi) is 6.07. The fraction of sp³-hybridized carbons (Fsp3) is 0.917. The van der Waals surface area contributed by atoms with Gasteiger partial charge in [-0.15, -0.1) is 11.6 Å². The van der Waals surface area contributed by atoms with Crippen LogP contribution in [-0.2, 0) is 4.79 Å². The average molecular weight is 232 g/mol. The molecule has 3 heteroatoms. The van der Waals surface area contributed by atoms with Gasteiger partial charge in [0.2, 0.25) is 5.91 Å². The number of nitrogens with one attached hydrogen (secondary N) is 1. The molecule has 0 aromatic rings. The summed E-state index contributed by atoms with van der Waals surface area (Å²) >= 11 is 5.56. The first-order chi connectivity index (χ1) is 7.27. The van der Waals surface area contributed by atoms with E-state index in [0.717, 1.165) is 12.8 Å². The highest BCUT2D eigenvalue weighted by Gasteiger charge is 2.24. The first-order valence-corrected chi connectivity index (χ1v) is 6.66. The van der Waals surface area contributed by atoms with Gasteiger partial charge >= 0.3 is 0 Å². The summed E-state index contributed by atoms with van der Waals surface area (Å²) < 4.78 is 0. The van der Waals surface area contributed by atoms with E-state index in [1.807, 2.05) is 0 Å². The van der Waals surface area contributed by atoms with Crippen LogP contribution in [-0.4, -0.2) is 17.8 Å². The van der Waals surface area contributed by atoms with Gasteiger partial charge in [0.1, 0.15) is 0 Å². The molecule has 0 radical (unpaired) electrons. The summed E-state index contributed by atoms with van der Waals surface area (Å²) in [7, 11) is 0. The van der Waals surface area contributed by atoms with E-state index in [1.54, 1.807) is 0 Å². The summed E-state index contributed by atoms with van der Waals surface area (Å²) in [5.41, 5.74) is 0. The number of hydrogen-bond donors (Lipinski definition) is 1. The number of alkyl halides is 1. The van der Waals surface area contributed by atoms with Crippen LogP contribution in [0.4, 0.5) is 0 Å². The SMILES string of the molecule is CCC1CCCCC1NC(=O)CCCCl. The quantitative estimate of drug-likeness (QED) is 0.724. The van der Waals surface area contributed by atoms with E-state index in [2.05, 4.69) is 12.2 Å². The lowest BCUT2D eigenvalue weighted by Gasteiger charge is -2.31. The molecular weight excluding hydrogens is 210 g/mol. The molecule has 0 aliphatic heterocycles. The van der Waals surface area contributed by atoms with Crippen molar-refractivity contribution in [2.75, 3.05) is 5.88 Å².